The van der Waals surface area contributed by atoms with Gasteiger partial charge in [-0.25, -0.2) is 4.98 Å². The van der Waals surface area contributed by atoms with Crippen LogP contribution < -0.4 is 5.32 Å². The van der Waals surface area contributed by atoms with Gasteiger partial charge in [0, 0.05) is 16.9 Å². The molecule has 0 fully saturated rings. The number of nitrogens with zero attached hydrogens (tertiary/aromatic N) is 1. The maximum absolute atomic E-state index is 11.8. The summed E-state index contributed by atoms with van der Waals surface area (Å²) in [5, 5.41) is 4.53. The van der Waals surface area contributed by atoms with Crippen molar-refractivity contribution in [1.29, 1.82) is 0 Å². The summed E-state index contributed by atoms with van der Waals surface area (Å²) in [6.07, 6.45) is 1.64. The summed E-state index contributed by atoms with van der Waals surface area (Å²) >= 11 is 13.1. The Kier molecular flexibility index (Phi) is 5.07. The van der Waals surface area contributed by atoms with E-state index in [1.165, 1.54) is 11.8 Å². The molecular weight excluding hydrogens is 303 g/mol. The Balaban J connectivity index is 1.90. The third-order valence-electron chi connectivity index (χ3n) is 2.17. The number of hydrogen-bond acceptors (Lipinski definition) is 3. The van der Waals surface area contributed by atoms with Gasteiger partial charge in [0.25, 0.3) is 0 Å². The Morgan fingerprint density at radius 2 is 2.11 bits per heavy atom. The summed E-state index contributed by atoms with van der Waals surface area (Å²) in [6, 6.07) is 10.5. The molecule has 3 nitrogen and oxygen atoms in total. The van der Waals surface area contributed by atoms with Crippen LogP contribution in [0.15, 0.2) is 47.6 Å². The number of aromatic nitrogens is 1. The predicted octanol–water partition coefficient (Wildman–Crippen LogP) is 4.12. The molecule has 0 aliphatic heterocycles. The maximum atomic E-state index is 11.8. The average molecular weight is 313 g/mol. The molecule has 1 aromatic heterocycles. The molecule has 6 heteroatoms. The summed E-state index contributed by atoms with van der Waals surface area (Å²) in [5.41, 5.74) is 0.671. The average Bonchev–Trinajstić information content (AvgIpc) is 2.38. The molecule has 0 unspecified atom stereocenters. The molecule has 0 bridgehead atoms. The second-order valence-corrected chi connectivity index (χ2v) is 5.45. The highest BCUT2D eigenvalue weighted by molar-refractivity contribution is 8.00. The number of anilines is 1. The van der Waals surface area contributed by atoms with E-state index in [4.69, 9.17) is 23.2 Å². The van der Waals surface area contributed by atoms with Crippen LogP contribution in [0, 0.1) is 0 Å². The normalized spacial score (nSPS) is 10.2. The Labute approximate surface area is 125 Å². The van der Waals surface area contributed by atoms with E-state index in [0.29, 0.717) is 20.8 Å². The van der Waals surface area contributed by atoms with Gasteiger partial charge in [-0.3, -0.25) is 4.79 Å². The van der Waals surface area contributed by atoms with Gasteiger partial charge in [0.05, 0.1) is 10.8 Å². The van der Waals surface area contributed by atoms with E-state index in [1.54, 1.807) is 42.6 Å². The first-order valence-electron chi connectivity index (χ1n) is 5.44. The van der Waals surface area contributed by atoms with Gasteiger partial charge in [-0.1, -0.05) is 41.0 Å². The third kappa shape index (κ3) is 4.42. The van der Waals surface area contributed by atoms with Gasteiger partial charge in [-0.05, 0) is 30.3 Å². The summed E-state index contributed by atoms with van der Waals surface area (Å²) in [6.45, 7) is 0. The van der Waals surface area contributed by atoms with Crippen LogP contribution in [0.3, 0.4) is 0 Å². The zero-order valence-corrected chi connectivity index (χ0v) is 12.1. The number of thioether (sulfide) groups is 1. The lowest BCUT2D eigenvalue weighted by Gasteiger charge is -2.05. The maximum Gasteiger partial charge on any atom is 0.234 e. The number of carbonyl (C=O) groups excluding carboxylic acids is 1. The Morgan fingerprint density at radius 1 is 1.26 bits per heavy atom. The first-order chi connectivity index (χ1) is 9.15. The first kappa shape index (κ1) is 14.2. The van der Waals surface area contributed by atoms with Crippen molar-refractivity contribution >= 4 is 46.6 Å². The highest BCUT2D eigenvalue weighted by atomic mass is 35.5. The molecule has 0 saturated heterocycles. The molecule has 0 saturated carbocycles. The molecule has 2 aromatic rings. The van der Waals surface area contributed by atoms with E-state index in [0.717, 1.165) is 0 Å². The fraction of sp³-hybridized carbons (Fsp3) is 0.0769. The molecule has 2 rings (SSSR count). The van der Waals surface area contributed by atoms with Crippen molar-refractivity contribution in [3.05, 3.63) is 52.6 Å². The van der Waals surface area contributed by atoms with E-state index in [2.05, 4.69) is 10.3 Å². The summed E-state index contributed by atoms with van der Waals surface area (Å²) in [7, 11) is 0. The van der Waals surface area contributed by atoms with Crippen molar-refractivity contribution in [1.82, 2.24) is 4.98 Å². The molecule has 1 amide bonds. The van der Waals surface area contributed by atoms with Crippen molar-refractivity contribution in [2.75, 3.05) is 11.1 Å². The third-order valence-corrected chi connectivity index (χ3v) is 3.83. The van der Waals surface area contributed by atoms with Gasteiger partial charge < -0.3 is 5.32 Å². The highest BCUT2D eigenvalue weighted by Crippen LogP contribution is 2.24. The number of rotatable bonds is 4. The van der Waals surface area contributed by atoms with E-state index >= 15 is 0 Å². The summed E-state index contributed by atoms with van der Waals surface area (Å²) in [5.74, 6) is 0.109. The minimum absolute atomic E-state index is 0.131. The van der Waals surface area contributed by atoms with Crippen molar-refractivity contribution in [3.63, 3.8) is 0 Å². The molecule has 0 spiro atoms. The number of halogens is 2. The van der Waals surface area contributed by atoms with Crippen LogP contribution in [0.4, 0.5) is 5.69 Å². The fourth-order valence-corrected chi connectivity index (χ4v) is 2.53. The van der Waals surface area contributed by atoms with E-state index in [-0.39, 0.29) is 11.7 Å². The molecule has 1 heterocycles. The van der Waals surface area contributed by atoms with Gasteiger partial charge in [0.15, 0.2) is 0 Å². The van der Waals surface area contributed by atoms with Crippen LogP contribution in [-0.4, -0.2) is 16.6 Å². The molecular formula is C13H10Cl2N2OS. The number of amides is 1. The fourth-order valence-electron chi connectivity index (χ4n) is 1.37. The zero-order chi connectivity index (χ0) is 13.7. The van der Waals surface area contributed by atoms with E-state index in [1.807, 2.05) is 0 Å². The number of pyridine rings is 1. The van der Waals surface area contributed by atoms with Gasteiger partial charge >= 0.3 is 0 Å². The lowest BCUT2D eigenvalue weighted by molar-refractivity contribution is -0.113. The van der Waals surface area contributed by atoms with Crippen molar-refractivity contribution in [2.24, 2.45) is 0 Å². The van der Waals surface area contributed by atoms with Crippen LogP contribution >= 0.6 is 35.0 Å². The molecule has 0 atom stereocenters. The summed E-state index contributed by atoms with van der Waals surface area (Å²) < 4.78 is 0. The molecule has 98 valence electrons. The van der Waals surface area contributed by atoms with Crippen molar-refractivity contribution < 1.29 is 4.79 Å². The lowest BCUT2D eigenvalue weighted by Crippen LogP contribution is -2.14. The minimum atomic E-state index is -0.131. The van der Waals surface area contributed by atoms with Gasteiger partial charge in [-0.15, -0.1) is 0 Å². The largest absolute Gasteiger partial charge is 0.325 e. The molecule has 1 N–H and O–H groups in total. The first-order valence-corrected chi connectivity index (χ1v) is 7.18. The molecule has 0 aliphatic carbocycles. The quantitative estimate of drug-likeness (QED) is 0.863. The second-order valence-electron chi connectivity index (χ2n) is 3.64. The van der Waals surface area contributed by atoms with Crippen molar-refractivity contribution in [2.45, 2.75) is 5.03 Å². The van der Waals surface area contributed by atoms with Crippen LogP contribution in [0.1, 0.15) is 0 Å². The summed E-state index contributed by atoms with van der Waals surface area (Å²) in [4.78, 5) is 15.9. The van der Waals surface area contributed by atoms with Crippen LogP contribution in [-0.2, 0) is 4.79 Å². The number of benzene rings is 1. The van der Waals surface area contributed by atoms with Crippen LogP contribution in [0.5, 0.6) is 0 Å². The van der Waals surface area contributed by atoms with Gasteiger partial charge in [0.1, 0.15) is 5.03 Å². The molecule has 0 radical (unpaired) electrons. The lowest BCUT2D eigenvalue weighted by atomic mass is 10.3. The van der Waals surface area contributed by atoms with E-state index in [9.17, 15) is 4.79 Å². The molecule has 0 aliphatic rings. The Bertz CT molecular complexity index is 592. The Hall–Kier alpha value is -1.23. The van der Waals surface area contributed by atoms with Gasteiger partial charge in [0.2, 0.25) is 5.91 Å². The zero-order valence-electron chi connectivity index (χ0n) is 9.77. The predicted molar refractivity (Wildman–Crippen MR) is 80.1 cm³/mol. The SMILES string of the molecule is O=C(CSc1ncccc1Cl)Nc1cccc(Cl)c1. The molecule has 1 aromatic carbocycles. The standard InChI is InChI=1S/C13H10Cl2N2OS/c14-9-3-1-4-10(7-9)17-12(18)8-19-13-11(15)5-2-6-16-13/h1-7H,8H2,(H,17,18). The van der Waals surface area contributed by atoms with Gasteiger partial charge in [-0.2, -0.15) is 0 Å². The Morgan fingerprint density at radius 3 is 2.84 bits per heavy atom. The smallest absolute Gasteiger partial charge is 0.234 e. The second kappa shape index (κ2) is 6.80. The minimum Gasteiger partial charge on any atom is -0.325 e. The number of carbonyl (C=O) groups is 1. The topological polar surface area (TPSA) is 42.0 Å². The monoisotopic (exact) mass is 312 g/mol. The highest BCUT2D eigenvalue weighted by Gasteiger charge is 2.07. The number of nitrogens with one attached hydrogen (secondary N) is 1. The van der Waals surface area contributed by atoms with E-state index < -0.39 is 0 Å². The molecule has 19 heavy (non-hydrogen) atoms. The number of hydrogen-bond donors (Lipinski definition) is 1. The van der Waals surface area contributed by atoms with Crippen molar-refractivity contribution in [3.8, 4) is 0 Å². The van der Waals surface area contributed by atoms with Crippen LogP contribution in [0.25, 0.3) is 0 Å². The van der Waals surface area contributed by atoms with Crippen LogP contribution in [0.2, 0.25) is 10.0 Å².